The Hall–Kier alpha value is -2.55. The van der Waals surface area contributed by atoms with Gasteiger partial charge in [-0.2, -0.15) is 0 Å². The lowest BCUT2D eigenvalue weighted by molar-refractivity contribution is -0.136. The number of carbonyl (C=O) groups excluding carboxylic acids is 1. The molecule has 0 unspecified atom stereocenters. The van der Waals surface area contributed by atoms with Gasteiger partial charge in [0.15, 0.2) is 0 Å². The first kappa shape index (κ1) is 13.4. The Morgan fingerprint density at radius 3 is 2.67 bits per heavy atom. The predicted octanol–water partition coefficient (Wildman–Crippen LogP) is 3.38. The summed E-state index contributed by atoms with van der Waals surface area (Å²) in [6, 6.07) is 15.9. The van der Waals surface area contributed by atoms with E-state index in [-0.39, 0.29) is 5.97 Å². The first-order chi connectivity index (χ1) is 10.3. The van der Waals surface area contributed by atoms with Crippen molar-refractivity contribution in [3.8, 4) is 5.75 Å². The van der Waals surface area contributed by atoms with Gasteiger partial charge in [-0.25, -0.2) is 4.79 Å². The van der Waals surface area contributed by atoms with E-state index in [1.807, 2.05) is 54.6 Å². The fraction of sp³-hybridized carbons (Fsp3) is 0.167. The molecule has 2 aromatic rings. The summed E-state index contributed by atoms with van der Waals surface area (Å²) in [6.07, 6.45) is 2.43. The Morgan fingerprint density at radius 2 is 1.90 bits per heavy atom. The summed E-state index contributed by atoms with van der Waals surface area (Å²) in [5.74, 6) is 0.548. The SMILES string of the molecule is COC(=O)C1=Cc2cccc(OCc3ccccc3)c2C1. The van der Waals surface area contributed by atoms with Crippen LogP contribution < -0.4 is 4.74 Å². The van der Waals surface area contributed by atoms with Crippen molar-refractivity contribution >= 4 is 12.0 Å². The zero-order valence-corrected chi connectivity index (χ0v) is 11.8. The van der Waals surface area contributed by atoms with Gasteiger partial charge >= 0.3 is 5.97 Å². The summed E-state index contributed by atoms with van der Waals surface area (Å²) in [5, 5.41) is 0. The topological polar surface area (TPSA) is 35.5 Å². The second-order valence-electron chi connectivity index (χ2n) is 4.94. The maximum absolute atomic E-state index is 11.6. The third kappa shape index (κ3) is 2.82. The number of esters is 1. The fourth-order valence-electron chi connectivity index (χ4n) is 2.47. The summed E-state index contributed by atoms with van der Waals surface area (Å²) in [5.41, 5.74) is 3.87. The second kappa shape index (κ2) is 5.83. The highest BCUT2D eigenvalue weighted by Crippen LogP contribution is 2.33. The zero-order chi connectivity index (χ0) is 14.7. The average Bonchev–Trinajstić information content (AvgIpc) is 2.97. The minimum Gasteiger partial charge on any atom is -0.489 e. The lowest BCUT2D eigenvalue weighted by Gasteiger charge is -2.11. The highest BCUT2D eigenvalue weighted by atomic mass is 16.5. The van der Waals surface area contributed by atoms with Crippen LogP contribution in [0.4, 0.5) is 0 Å². The van der Waals surface area contributed by atoms with Gasteiger partial charge < -0.3 is 9.47 Å². The van der Waals surface area contributed by atoms with Crippen LogP contribution in [0.25, 0.3) is 6.08 Å². The number of hydrogen-bond donors (Lipinski definition) is 0. The van der Waals surface area contributed by atoms with Crippen LogP contribution >= 0.6 is 0 Å². The fourth-order valence-corrected chi connectivity index (χ4v) is 2.47. The molecular weight excluding hydrogens is 264 g/mol. The molecule has 0 aromatic heterocycles. The monoisotopic (exact) mass is 280 g/mol. The van der Waals surface area contributed by atoms with Crippen molar-refractivity contribution in [2.75, 3.05) is 7.11 Å². The maximum atomic E-state index is 11.6. The number of hydrogen-bond acceptors (Lipinski definition) is 3. The van der Waals surface area contributed by atoms with E-state index in [1.165, 1.54) is 7.11 Å². The van der Waals surface area contributed by atoms with Crippen LogP contribution in [0.5, 0.6) is 5.75 Å². The van der Waals surface area contributed by atoms with Gasteiger partial charge in [0.25, 0.3) is 0 Å². The van der Waals surface area contributed by atoms with Crippen molar-refractivity contribution in [3.05, 3.63) is 70.8 Å². The first-order valence-electron chi connectivity index (χ1n) is 6.85. The molecule has 0 fully saturated rings. The second-order valence-corrected chi connectivity index (χ2v) is 4.94. The zero-order valence-electron chi connectivity index (χ0n) is 11.8. The number of benzene rings is 2. The van der Waals surface area contributed by atoms with E-state index in [0.29, 0.717) is 18.6 Å². The van der Waals surface area contributed by atoms with Crippen molar-refractivity contribution in [3.63, 3.8) is 0 Å². The molecule has 3 heteroatoms. The Bertz CT molecular complexity index is 687. The molecule has 0 saturated heterocycles. The van der Waals surface area contributed by atoms with Crippen LogP contribution in [0.3, 0.4) is 0 Å². The van der Waals surface area contributed by atoms with E-state index >= 15 is 0 Å². The van der Waals surface area contributed by atoms with Gasteiger partial charge in [-0.3, -0.25) is 0 Å². The van der Waals surface area contributed by atoms with Crippen LogP contribution in [0.15, 0.2) is 54.1 Å². The quantitative estimate of drug-likeness (QED) is 0.805. The van der Waals surface area contributed by atoms with Crippen molar-refractivity contribution in [2.24, 2.45) is 0 Å². The van der Waals surface area contributed by atoms with Crippen molar-refractivity contribution in [2.45, 2.75) is 13.0 Å². The largest absolute Gasteiger partial charge is 0.489 e. The summed E-state index contributed by atoms with van der Waals surface area (Å²) in [7, 11) is 1.40. The van der Waals surface area contributed by atoms with Gasteiger partial charge in [-0.15, -0.1) is 0 Å². The Labute approximate surface area is 123 Å². The molecule has 21 heavy (non-hydrogen) atoms. The summed E-state index contributed by atoms with van der Waals surface area (Å²) >= 11 is 0. The number of fused-ring (bicyclic) bond motifs is 1. The van der Waals surface area contributed by atoms with E-state index < -0.39 is 0 Å². The predicted molar refractivity (Wildman–Crippen MR) is 80.9 cm³/mol. The van der Waals surface area contributed by atoms with E-state index in [1.54, 1.807) is 0 Å². The van der Waals surface area contributed by atoms with Gasteiger partial charge in [0, 0.05) is 17.6 Å². The van der Waals surface area contributed by atoms with Crippen LogP contribution in [-0.2, 0) is 22.6 Å². The van der Waals surface area contributed by atoms with Crippen LogP contribution in [-0.4, -0.2) is 13.1 Å². The number of carbonyl (C=O) groups is 1. The van der Waals surface area contributed by atoms with Crippen molar-refractivity contribution in [1.29, 1.82) is 0 Å². The van der Waals surface area contributed by atoms with Gasteiger partial charge in [0.2, 0.25) is 0 Å². The third-order valence-electron chi connectivity index (χ3n) is 3.55. The van der Waals surface area contributed by atoms with Crippen LogP contribution in [0.2, 0.25) is 0 Å². The van der Waals surface area contributed by atoms with Gasteiger partial charge in [-0.05, 0) is 23.3 Å². The summed E-state index contributed by atoms with van der Waals surface area (Å²) < 4.78 is 10.7. The van der Waals surface area contributed by atoms with Crippen LogP contribution in [0, 0.1) is 0 Å². The minimum absolute atomic E-state index is 0.278. The Balaban J connectivity index is 1.77. The molecule has 106 valence electrons. The molecule has 0 atom stereocenters. The van der Waals surface area contributed by atoms with Crippen molar-refractivity contribution in [1.82, 2.24) is 0 Å². The lowest BCUT2D eigenvalue weighted by Crippen LogP contribution is -2.05. The smallest absolute Gasteiger partial charge is 0.334 e. The molecule has 0 heterocycles. The molecule has 0 amide bonds. The highest BCUT2D eigenvalue weighted by molar-refractivity contribution is 5.97. The molecule has 0 aliphatic heterocycles. The highest BCUT2D eigenvalue weighted by Gasteiger charge is 2.22. The number of ether oxygens (including phenoxy) is 2. The van der Waals surface area contributed by atoms with Gasteiger partial charge in [0.05, 0.1) is 7.11 Å². The molecule has 0 radical (unpaired) electrons. The molecular formula is C18H16O3. The average molecular weight is 280 g/mol. The third-order valence-corrected chi connectivity index (χ3v) is 3.55. The Morgan fingerprint density at radius 1 is 1.10 bits per heavy atom. The van der Waals surface area contributed by atoms with Crippen molar-refractivity contribution < 1.29 is 14.3 Å². The molecule has 0 bridgehead atoms. The van der Waals surface area contributed by atoms with E-state index in [2.05, 4.69) is 0 Å². The number of rotatable bonds is 4. The standard InChI is InChI=1S/C18H16O3/c1-20-18(19)15-10-14-8-5-9-17(16(14)11-15)21-12-13-6-3-2-4-7-13/h2-10H,11-12H2,1H3. The van der Waals surface area contributed by atoms with E-state index in [4.69, 9.17) is 9.47 Å². The number of methoxy groups -OCH3 is 1. The molecule has 2 aromatic carbocycles. The molecule has 0 saturated carbocycles. The normalized spacial score (nSPS) is 12.5. The molecule has 3 rings (SSSR count). The van der Waals surface area contributed by atoms with E-state index in [0.717, 1.165) is 22.4 Å². The van der Waals surface area contributed by atoms with Gasteiger partial charge in [-0.1, -0.05) is 42.5 Å². The summed E-state index contributed by atoms with van der Waals surface area (Å²) in [4.78, 5) is 11.6. The maximum Gasteiger partial charge on any atom is 0.334 e. The summed E-state index contributed by atoms with van der Waals surface area (Å²) in [6.45, 7) is 0.519. The molecule has 3 nitrogen and oxygen atoms in total. The molecule has 1 aliphatic rings. The van der Waals surface area contributed by atoms with E-state index in [9.17, 15) is 4.79 Å². The molecule has 0 N–H and O–H groups in total. The molecule has 1 aliphatic carbocycles. The van der Waals surface area contributed by atoms with Crippen LogP contribution in [0.1, 0.15) is 16.7 Å². The Kier molecular flexibility index (Phi) is 3.73. The lowest BCUT2D eigenvalue weighted by atomic mass is 10.1. The van der Waals surface area contributed by atoms with Gasteiger partial charge in [0.1, 0.15) is 12.4 Å². The molecule has 0 spiro atoms. The first-order valence-corrected chi connectivity index (χ1v) is 6.85. The minimum atomic E-state index is -0.278.